The Bertz CT molecular complexity index is 453. The minimum absolute atomic E-state index is 0.176. The lowest BCUT2D eigenvalue weighted by atomic mass is 10.3. The van der Waals surface area contributed by atoms with Crippen LogP contribution in [-0.2, 0) is 0 Å². The van der Waals surface area contributed by atoms with Crippen molar-refractivity contribution in [2.45, 2.75) is 6.92 Å². The molecule has 0 aliphatic carbocycles. The third kappa shape index (κ3) is 1.11. The Kier molecular flexibility index (Phi) is 1.78. The Morgan fingerprint density at radius 2 is 2.23 bits per heavy atom. The number of anilines is 1. The van der Waals surface area contributed by atoms with Gasteiger partial charge in [-0.25, -0.2) is 5.84 Å². The van der Waals surface area contributed by atoms with Gasteiger partial charge in [-0.3, -0.25) is 0 Å². The van der Waals surface area contributed by atoms with Crippen LogP contribution in [-0.4, -0.2) is 15.4 Å². The van der Waals surface area contributed by atoms with Gasteiger partial charge >= 0.3 is 0 Å². The largest absolute Gasteiger partial charge is 0.352 e. The molecule has 0 bridgehead atoms. The number of aryl methyl sites for hydroxylation is 1. The summed E-state index contributed by atoms with van der Waals surface area (Å²) in [4.78, 5) is 0. The molecule has 0 aromatic carbocycles. The van der Waals surface area contributed by atoms with Crippen molar-refractivity contribution in [3.8, 4) is 0 Å². The van der Waals surface area contributed by atoms with Crippen LogP contribution in [0.4, 0.5) is 5.82 Å². The first-order valence-electron chi connectivity index (χ1n) is 3.49. The minimum atomic E-state index is 0.176. The fourth-order valence-corrected chi connectivity index (χ4v) is 1.25. The highest BCUT2D eigenvalue weighted by atomic mass is 35.5. The second-order valence-corrected chi connectivity index (χ2v) is 2.81. The fraction of sp³-hybridized carbons (Fsp3) is 0.167. The van der Waals surface area contributed by atoms with E-state index in [1.165, 1.54) is 0 Å². The first kappa shape index (κ1) is 8.21. The molecule has 2 aromatic rings. The molecular weight excluding hydrogens is 194 g/mol. The van der Waals surface area contributed by atoms with Gasteiger partial charge in [-0.2, -0.15) is 0 Å². The van der Waals surface area contributed by atoms with Gasteiger partial charge in [0, 0.05) is 0 Å². The molecular formula is C6H6ClN5O. The molecule has 0 saturated heterocycles. The molecule has 0 fully saturated rings. The van der Waals surface area contributed by atoms with Crippen LogP contribution in [0, 0.1) is 6.92 Å². The van der Waals surface area contributed by atoms with Crippen LogP contribution in [0.5, 0.6) is 0 Å². The van der Waals surface area contributed by atoms with Gasteiger partial charge in [0.25, 0.3) is 0 Å². The quantitative estimate of drug-likeness (QED) is 0.523. The lowest BCUT2D eigenvalue weighted by molar-refractivity contribution is 0.449. The molecule has 0 amide bonds. The number of hydrogen-bond donors (Lipinski definition) is 2. The number of hydrogen-bond acceptors (Lipinski definition) is 6. The lowest BCUT2D eigenvalue weighted by Gasteiger charge is -1.98. The average molecular weight is 200 g/mol. The van der Waals surface area contributed by atoms with Gasteiger partial charge in [0.1, 0.15) is 0 Å². The maximum Gasteiger partial charge on any atom is 0.210 e. The zero-order valence-electron chi connectivity index (χ0n) is 6.71. The van der Waals surface area contributed by atoms with Gasteiger partial charge in [0.15, 0.2) is 11.0 Å². The number of nitrogens with zero attached hydrogens (tertiary/aromatic N) is 3. The second kappa shape index (κ2) is 2.82. The third-order valence-corrected chi connectivity index (χ3v) is 1.91. The van der Waals surface area contributed by atoms with Gasteiger partial charge in [-0.05, 0) is 6.92 Å². The Morgan fingerprint density at radius 3 is 2.92 bits per heavy atom. The fourth-order valence-electron chi connectivity index (χ4n) is 1.08. The normalized spacial score (nSPS) is 10.7. The lowest BCUT2D eigenvalue weighted by Crippen LogP contribution is -2.09. The number of nitrogens with one attached hydrogen (secondary N) is 1. The molecule has 7 heteroatoms. The molecule has 2 heterocycles. The van der Waals surface area contributed by atoms with Crippen molar-refractivity contribution in [2.24, 2.45) is 5.84 Å². The number of aromatic nitrogens is 3. The van der Waals surface area contributed by atoms with Gasteiger partial charge in [-0.15, -0.1) is 10.2 Å². The summed E-state index contributed by atoms with van der Waals surface area (Å²) < 4.78 is 4.94. The SMILES string of the molecule is Cc1noc2c(Cl)nnc(NN)c12. The number of nitrogen functional groups attached to an aromatic ring is 1. The Morgan fingerprint density at radius 1 is 1.46 bits per heavy atom. The van der Waals surface area contributed by atoms with Crippen molar-refractivity contribution in [3.63, 3.8) is 0 Å². The van der Waals surface area contributed by atoms with E-state index in [0.717, 1.165) is 0 Å². The highest BCUT2D eigenvalue weighted by Gasteiger charge is 2.14. The van der Waals surface area contributed by atoms with Crippen LogP contribution in [0.15, 0.2) is 4.52 Å². The molecule has 0 saturated carbocycles. The smallest absolute Gasteiger partial charge is 0.210 e. The maximum atomic E-state index is 5.72. The topological polar surface area (TPSA) is 89.9 Å². The number of fused-ring (bicyclic) bond motifs is 1. The van der Waals surface area contributed by atoms with Crippen molar-refractivity contribution >= 4 is 28.4 Å². The highest BCUT2D eigenvalue weighted by molar-refractivity contribution is 6.33. The molecule has 0 aliphatic heterocycles. The molecule has 68 valence electrons. The van der Waals surface area contributed by atoms with Crippen LogP contribution < -0.4 is 11.3 Å². The summed E-state index contributed by atoms with van der Waals surface area (Å²) in [6.45, 7) is 1.77. The molecule has 2 aromatic heterocycles. The minimum Gasteiger partial charge on any atom is -0.352 e. The van der Waals surface area contributed by atoms with E-state index in [2.05, 4.69) is 20.8 Å². The molecule has 3 N–H and O–H groups in total. The Balaban J connectivity index is 2.88. The van der Waals surface area contributed by atoms with Gasteiger partial charge in [-0.1, -0.05) is 16.8 Å². The van der Waals surface area contributed by atoms with Crippen molar-refractivity contribution < 1.29 is 4.52 Å². The van der Waals surface area contributed by atoms with E-state index >= 15 is 0 Å². The average Bonchev–Trinajstić information content (AvgIpc) is 2.51. The Labute approximate surface area is 78.0 Å². The summed E-state index contributed by atoms with van der Waals surface area (Å²) in [6.07, 6.45) is 0. The van der Waals surface area contributed by atoms with Crippen LogP contribution in [0.3, 0.4) is 0 Å². The second-order valence-electron chi connectivity index (χ2n) is 2.46. The van der Waals surface area contributed by atoms with Crippen molar-refractivity contribution in [1.82, 2.24) is 15.4 Å². The van der Waals surface area contributed by atoms with E-state index in [1.54, 1.807) is 6.92 Å². The van der Waals surface area contributed by atoms with E-state index < -0.39 is 0 Å². The van der Waals surface area contributed by atoms with E-state index in [0.29, 0.717) is 22.5 Å². The first-order valence-corrected chi connectivity index (χ1v) is 3.86. The summed E-state index contributed by atoms with van der Waals surface area (Å²) in [5.74, 6) is 5.63. The molecule has 2 rings (SSSR count). The van der Waals surface area contributed by atoms with E-state index in [9.17, 15) is 0 Å². The van der Waals surface area contributed by atoms with Gasteiger partial charge < -0.3 is 9.95 Å². The first-order chi connectivity index (χ1) is 6.24. The van der Waals surface area contributed by atoms with E-state index in [-0.39, 0.29) is 5.15 Å². The summed E-state index contributed by atoms with van der Waals surface area (Å²) in [6, 6.07) is 0. The Hall–Kier alpha value is -1.40. The molecule has 0 aliphatic rings. The highest BCUT2D eigenvalue weighted by Crippen LogP contribution is 2.27. The van der Waals surface area contributed by atoms with Crippen LogP contribution in [0.25, 0.3) is 11.0 Å². The van der Waals surface area contributed by atoms with Crippen molar-refractivity contribution in [3.05, 3.63) is 10.8 Å². The standard InChI is InChI=1S/C6H6ClN5O/c1-2-3-4(13-12-2)5(7)10-11-6(3)9-8/h8H2,1H3,(H,9,11). The van der Waals surface area contributed by atoms with E-state index in [1.807, 2.05) is 0 Å². The summed E-state index contributed by atoms with van der Waals surface area (Å²) in [7, 11) is 0. The molecule has 0 radical (unpaired) electrons. The summed E-state index contributed by atoms with van der Waals surface area (Å²) in [5.41, 5.74) is 3.45. The summed E-state index contributed by atoms with van der Waals surface area (Å²) in [5, 5.41) is 11.9. The zero-order chi connectivity index (χ0) is 9.42. The number of halogens is 1. The number of rotatable bonds is 1. The molecule has 0 atom stereocenters. The van der Waals surface area contributed by atoms with Crippen LogP contribution in [0.2, 0.25) is 5.15 Å². The predicted octanol–water partition coefficient (Wildman–Crippen LogP) is 0.865. The zero-order valence-corrected chi connectivity index (χ0v) is 7.46. The molecule has 0 spiro atoms. The van der Waals surface area contributed by atoms with Gasteiger partial charge in [0.05, 0.1) is 11.1 Å². The van der Waals surface area contributed by atoms with Crippen molar-refractivity contribution in [1.29, 1.82) is 0 Å². The van der Waals surface area contributed by atoms with Gasteiger partial charge in [0.2, 0.25) is 5.58 Å². The third-order valence-electron chi connectivity index (χ3n) is 1.66. The number of nitrogens with two attached hydrogens (primary N) is 1. The van der Waals surface area contributed by atoms with Crippen LogP contribution in [0.1, 0.15) is 5.69 Å². The van der Waals surface area contributed by atoms with E-state index in [4.69, 9.17) is 22.0 Å². The van der Waals surface area contributed by atoms with Crippen LogP contribution >= 0.6 is 11.6 Å². The maximum absolute atomic E-state index is 5.72. The molecule has 6 nitrogen and oxygen atoms in total. The predicted molar refractivity (Wildman–Crippen MR) is 47.2 cm³/mol. The molecule has 0 unspecified atom stereocenters. The number of hydrazine groups is 1. The van der Waals surface area contributed by atoms with Crippen molar-refractivity contribution in [2.75, 3.05) is 5.43 Å². The molecule has 13 heavy (non-hydrogen) atoms. The summed E-state index contributed by atoms with van der Waals surface area (Å²) >= 11 is 5.72. The monoisotopic (exact) mass is 199 g/mol.